The molecule has 0 bridgehead atoms. The number of nitrogens with zero attached hydrogens (tertiary/aromatic N) is 1. The first-order chi connectivity index (χ1) is 6.29. The average molecular weight is 175 g/mol. The van der Waals surface area contributed by atoms with Gasteiger partial charge in [0, 0.05) is 6.21 Å². The Bertz CT molecular complexity index is 349. The summed E-state index contributed by atoms with van der Waals surface area (Å²) in [5.74, 6) is 0. The van der Waals surface area contributed by atoms with Gasteiger partial charge in [0.15, 0.2) is 0 Å². The Hall–Kier alpha value is -1.13. The summed E-state index contributed by atoms with van der Waals surface area (Å²) in [4.78, 5) is 4.19. The van der Waals surface area contributed by atoms with E-state index in [1.54, 1.807) is 12.1 Å². The molecule has 1 aromatic rings. The van der Waals surface area contributed by atoms with Crippen molar-refractivity contribution < 1.29 is 10.0 Å². The second-order valence-electron chi connectivity index (χ2n) is 3.07. The highest BCUT2D eigenvalue weighted by molar-refractivity contribution is 6.59. The highest BCUT2D eigenvalue weighted by Crippen LogP contribution is 2.21. The minimum absolute atomic E-state index is 0.578. The molecule has 0 unspecified atom stereocenters. The third-order valence-electron chi connectivity index (χ3n) is 2.22. The lowest BCUT2D eigenvalue weighted by atomic mass is 9.75. The standard InChI is InChI=1S/C9H10BNO2/c12-10(13)8-4-1-5-9-7(8)3-2-6-11-9/h1,4-6,12-13H,2-3H2. The molecule has 1 aliphatic heterocycles. The van der Waals surface area contributed by atoms with E-state index < -0.39 is 7.12 Å². The number of fused-ring (bicyclic) bond motifs is 1. The first-order valence-electron chi connectivity index (χ1n) is 4.29. The number of aliphatic imine (C=N–C) groups is 1. The molecular formula is C9H10BNO2. The molecule has 13 heavy (non-hydrogen) atoms. The maximum absolute atomic E-state index is 9.08. The van der Waals surface area contributed by atoms with Crippen molar-refractivity contribution in [3.8, 4) is 0 Å². The van der Waals surface area contributed by atoms with Gasteiger partial charge in [-0.25, -0.2) is 0 Å². The molecule has 0 radical (unpaired) electrons. The minimum atomic E-state index is -1.39. The highest BCUT2D eigenvalue weighted by Gasteiger charge is 2.18. The van der Waals surface area contributed by atoms with Crippen LogP contribution in [0.5, 0.6) is 0 Å². The van der Waals surface area contributed by atoms with Crippen LogP contribution in [-0.4, -0.2) is 23.4 Å². The summed E-state index contributed by atoms with van der Waals surface area (Å²) in [7, 11) is -1.39. The monoisotopic (exact) mass is 175 g/mol. The lowest BCUT2D eigenvalue weighted by Gasteiger charge is -2.13. The molecule has 2 rings (SSSR count). The first-order valence-corrected chi connectivity index (χ1v) is 4.29. The van der Waals surface area contributed by atoms with Gasteiger partial charge in [-0.3, -0.25) is 4.99 Å². The van der Waals surface area contributed by atoms with Gasteiger partial charge in [-0.1, -0.05) is 12.1 Å². The van der Waals surface area contributed by atoms with Crippen LogP contribution in [0.3, 0.4) is 0 Å². The van der Waals surface area contributed by atoms with E-state index in [0.29, 0.717) is 5.46 Å². The lowest BCUT2D eigenvalue weighted by Crippen LogP contribution is -2.33. The third-order valence-corrected chi connectivity index (χ3v) is 2.22. The summed E-state index contributed by atoms with van der Waals surface area (Å²) in [5, 5.41) is 18.2. The molecule has 0 aromatic heterocycles. The average Bonchev–Trinajstić information content (AvgIpc) is 2.17. The lowest BCUT2D eigenvalue weighted by molar-refractivity contribution is 0.425. The van der Waals surface area contributed by atoms with Crippen molar-refractivity contribution in [3.63, 3.8) is 0 Å². The fraction of sp³-hybridized carbons (Fsp3) is 0.222. The van der Waals surface area contributed by atoms with Crippen LogP contribution in [0.4, 0.5) is 5.69 Å². The molecule has 1 aromatic carbocycles. The number of hydrogen-bond acceptors (Lipinski definition) is 3. The zero-order valence-electron chi connectivity index (χ0n) is 7.14. The van der Waals surface area contributed by atoms with Gasteiger partial charge in [0.05, 0.1) is 5.69 Å². The molecule has 4 heteroatoms. The minimum Gasteiger partial charge on any atom is -0.423 e. The summed E-state index contributed by atoms with van der Waals surface area (Å²) in [6, 6.07) is 5.40. The molecule has 0 amide bonds. The van der Waals surface area contributed by atoms with Gasteiger partial charge in [-0.2, -0.15) is 0 Å². The molecule has 2 N–H and O–H groups in total. The summed E-state index contributed by atoms with van der Waals surface area (Å²) in [5.41, 5.74) is 2.39. The largest absolute Gasteiger partial charge is 0.488 e. The topological polar surface area (TPSA) is 52.8 Å². The van der Waals surface area contributed by atoms with Crippen LogP contribution in [0.1, 0.15) is 12.0 Å². The van der Waals surface area contributed by atoms with Gasteiger partial charge in [0.2, 0.25) is 0 Å². The van der Waals surface area contributed by atoms with Crippen molar-refractivity contribution in [1.29, 1.82) is 0 Å². The van der Waals surface area contributed by atoms with Gasteiger partial charge < -0.3 is 10.0 Å². The van der Waals surface area contributed by atoms with Crippen molar-refractivity contribution in [3.05, 3.63) is 23.8 Å². The summed E-state index contributed by atoms with van der Waals surface area (Å²) < 4.78 is 0. The zero-order valence-corrected chi connectivity index (χ0v) is 7.14. The fourth-order valence-electron chi connectivity index (χ4n) is 1.60. The van der Waals surface area contributed by atoms with Crippen molar-refractivity contribution in [2.75, 3.05) is 0 Å². The predicted octanol–water partition coefficient (Wildman–Crippen LogP) is 0.0149. The molecular weight excluding hydrogens is 165 g/mol. The summed E-state index contributed by atoms with van der Waals surface area (Å²) in [6.45, 7) is 0. The first kappa shape index (κ1) is 8.47. The number of hydrogen-bond donors (Lipinski definition) is 2. The number of benzene rings is 1. The zero-order chi connectivity index (χ0) is 9.26. The molecule has 0 spiro atoms. The van der Waals surface area contributed by atoms with Crippen LogP contribution in [0.15, 0.2) is 23.2 Å². The van der Waals surface area contributed by atoms with Gasteiger partial charge in [0.25, 0.3) is 0 Å². The molecule has 0 saturated carbocycles. The van der Waals surface area contributed by atoms with Gasteiger partial charge in [0.1, 0.15) is 0 Å². The Balaban J connectivity index is 2.53. The highest BCUT2D eigenvalue weighted by atomic mass is 16.4. The predicted molar refractivity (Wildman–Crippen MR) is 52.7 cm³/mol. The number of rotatable bonds is 1. The van der Waals surface area contributed by atoms with Crippen molar-refractivity contribution in [2.45, 2.75) is 12.8 Å². The van der Waals surface area contributed by atoms with Crippen molar-refractivity contribution in [2.24, 2.45) is 4.99 Å². The Labute approximate surface area is 76.9 Å². The van der Waals surface area contributed by atoms with Crippen LogP contribution >= 0.6 is 0 Å². The van der Waals surface area contributed by atoms with E-state index in [1.807, 2.05) is 12.3 Å². The van der Waals surface area contributed by atoms with E-state index in [1.165, 1.54) is 0 Å². The van der Waals surface area contributed by atoms with E-state index in [4.69, 9.17) is 10.0 Å². The Morgan fingerprint density at radius 3 is 2.92 bits per heavy atom. The summed E-state index contributed by atoms with van der Waals surface area (Å²) in [6.07, 6.45) is 3.57. The van der Waals surface area contributed by atoms with Gasteiger partial charge in [-0.15, -0.1) is 0 Å². The third kappa shape index (κ3) is 1.50. The van der Waals surface area contributed by atoms with Crippen LogP contribution < -0.4 is 5.46 Å². The smallest absolute Gasteiger partial charge is 0.423 e. The van der Waals surface area contributed by atoms with Crippen molar-refractivity contribution >= 4 is 24.5 Å². The molecule has 0 atom stereocenters. The normalized spacial score (nSPS) is 14.0. The Morgan fingerprint density at radius 1 is 1.31 bits per heavy atom. The molecule has 66 valence electrons. The molecule has 0 fully saturated rings. The SMILES string of the molecule is OB(O)c1cccc2c1CCC=N2. The van der Waals surface area contributed by atoms with E-state index in [2.05, 4.69) is 4.99 Å². The quantitative estimate of drug-likeness (QED) is 0.591. The van der Waals surface area contributed by atoms with Crippen LogP contribution in [0.2, 0.25) is 0 Å². The second-order valence-corrected chi connectivity index (χ2v) is 3.07. The summed E-state index contributed by atoms with van der Waals surface area (Å²) >= 11 is 0. The van der Waals surface area contributed by atoms with Crippen molar-refractivity contribution in [1.82, 2.24) is 0 Å². The molecule has 0 aliphatic carbocycles. The fourth-order valence-corrected chi connectivity index (χ4v) is 1.60. The van der Waals surface area contributed by atoms with Crippen LogP contribution in [0, 0.1) is 0 Å². The van der Waals surface area contributed by atoms with E-state index >= 15 is 0 Å². The van der Waals surface area contributed by atoms with E-state index in [-0.39, 0.29) is 0 Å². The van der Waals surface area contributed by atoms with Gasteiger partial charge in [-0.05, 0) is 29.9 Å². The maximum atomic E-state index is 9.08. The molecule has 1 aliphatic rings. The van der Waals surface area contributed by atoms with Crippen LogP contribution in [0.25, 0.3) is 0 Å². The Morgan fingerprint density at radius 2 is 2.15 bits per heavy atom. The van der Waals surface area contributed by atoms with Gasteiger partial charge >= 0.3 is 7.12 Å². The van der Waals surface area contributed by atoms with Crippen LogP contribution in [-0.2, 0) is 6.42 Å². The molecule has 0 saturated heterocycles. The second kappa shape index (κ2) is 3.32. The van der Waals surface area contributed by atoms with E-state index in [9.17, 15) is 0 Å². The maximum Gasteiger partial charge on any atom is 0.488 e. The Kier molecular flexibility index (Phi) is 2.16. The molecule has 3 nitrogen and oxygen atoms in total. The molecule has 1 heterocycles. The van der Waals surface area contributed by atoms with E-state index in [0.717, 1.165) is 24.1 Å².